The number of carbonyl (C=O) groups is 1. The summed E-state index contributed by atoms with van der Waals surface area (Å²) in [4.78, 5) is 12.4. The van der Waals surface area contributed by atoms with E-state index < -0.39 is 22.4 Å². The molecule has 2 aliphatic rings. The zero-order chi connectivity index (χ0) is 15.0. The summed E-state index contributed by atoms with van der Waals surface area (Å²) in [7, 11) is -0.803. The lowest BCUT2D eigenvalue weighted by atomic mass is 9.85. The Labute approximate surface area is 125 Å². The normalized spacial score (nSPS) is 31.9. The summed E-state index contributed by atoms with van der Waals surface area (Å²) < 4.78 is 38.6. The van der Waals surface area contributed by atoms with Crippen LogP contribution in [0.2, 0.25) is 0 Å². The van der Waals surface area contributed by atoms with Crippen molar-refractivity contribution in [2.24, 2.45) is 5.92 Å². The molecule has 0 radical (unpaired) electrons. The maximum Gasteiger partial charge on any atom is 0.140 e. The third-order valence-corrected chi connectivity index (χ3v) is 6.81. The lowest BCUT2D eigenvalue weighted by Gasteiger charge is -2.37. The van der Waals surface area contributed by atoms with E-state index in [9.17, 15) is 17.8 Å². The van der Waals surface area contributed by atoms with Crippen LogP contribution in [0, 0.1) is 17.6 Å². The zero-order valence-electron chi connectivity index (χ0n) is 11.7. The van der Waals surface area contributed by atoms with Gasteiger partial charge in [-0.25, -0.2) is 8.78 Å². The smallest absolute Gasteiger partial charge is 0.140 e. The number of carbonyl (C=O) groups excluding carboxylic acids is 1. The highest BCUT2D eigenvalue weighted by molar-refractivity contribution is 7.86. The van der Waals surface area contributed by atoms with Crippen LogP contribution in [0.1, 0.15) is 37.7 Å². The first-order valence-electron chi connectivity index (χ1n) is 7.40. The summed E-state index contributed by atoms with van der Waals surface area (Å²) in [5.41, 5.74) is 0.248. The summed E-state index contributed by atoms with van der Waals surface area (Å²) in [6, 6.07) is 3.33. The SMILES string of the molecule is O=C(Cc1ccc(F)cc1F)C1CC2CCCC(C1)S2=O. The van der Waals surface area contributed by atoms with Crippen LogP contribution < -0.4 is 0 Å². The van der Waals surface area contributed by atoms with Crippen LogP contribution in [0.25, 0.3) is 0 Å². The van der Waals surface area contributed by atoms with Gasteiger partial charge in [-0.05, 0) is 37.3 Å². The Morgan fingerprint density at radius 1 is 1.19 bits per heavy atom. The zero-order valence-corrected chi connectivity index (χ0v) is 12.5. The monoisotopic (exact) mass is 312 g/mol. The van der Waals surface area contributed by atoms with Gasteiger partial charge in [0.1, 0.15) is 17.4 Å². The van der Waals surface area contributed by atoms with Crippen LogP contribution in [0.5, 0.6) is 0 Å². The fourth-order valence-corrected chi connectivity index (χ4v) is 5.68. The van der Waals surface area contributed by atoms with Crippen molar-refractivity contribution < 1.29 is 17.8 Å². The van der Waals surface area contributed by atoms with Crippen LogP contribution in [0.3, 0.4) is 0 Å². The highest BCUT2D eigenvalue weighted by atomic mass is 32.2. The molecule has 2 nitrogen and oxygen atoms in total. The number of fused-ring (bicyclic) bond motifs is 2. The summed E-state index contributed by atoms with van der Waals surface area (Å²) >= 11 is 0. The first-order valence-corrected chi connectivity index (χ1v) is 8.68. The van der Waals surface area contributed by atoms with Gasteiger partial charge in [-0.3, -0.25) is 9.00 Å². The van der Waals surface area contributed by atoms with Crippen molar-refractivity contribution in [1.82, 2.24) is 0 Å². The molecule has 2 saturated heterocycles. The van der Waals surface area contributed by atoms with Gasteiger partial charge in [-0.15, -0.1) is 0 Å². The van der Waals surface area contributed by atoms with Gasteiger partial charge in [0.05, 0.1) is 0 Å². The molecule has 2 atom stereocenters. The van der Waals surface area contributed by atoms with Gasteiger partial charge in [0.15, 0.2) is 0 Å². The van der Waals surface area contributed by atoms with Gasteiger partial charge >= 0.3 is 0 Å². The Hall–Kier alpha value is -1.10. The average molecular weight is 312 g/mol. The molecule has 1 aromatic rings. The van der Waals surface area contributed by atoms with Crippen molar-refractivity contribution in [3.05, 3.63) is 35.4 Å². The molecule has 114 valence electrons. The minimum atomic E-state index is -0.803. The molecule has 2 heterocycles. The summed E-state index contributed by atoms with van der Waals surface area (Å²) in [5.74, 6) is -1.43. The third kappa shape index (κ3) is 3.07. The molecule has 0 spiro atoms. The largest absolute Gasteiger partial charge is 0.299 e. The summed E-state index contributed by atoms with van der Waals surface area (Å²) in [6.45, 7) is 0. The van der Waals surface area contributed by atoms with E-state index in [0.717, 1.165) is 25.3 Å². The number of benzene rings is 1. The van der Waals surface area contributed by atoms with Crippen molar-refractivity contribution in [2.45, 2.75) is 49.0 Å². The lowest BCUT2D eigenvalue weighted by molar-refractivity contribution is -0.122. The van der Waals surface area contributed by atoms with Gasteiger partial charge in [0.25, 0.3) is 0 Å². The highest BCUT2D eigenvalue weighted by Crippen LogP contribution is 2.37. The van der Waals surface area contributed by atoms with Crippen molar-refractivity contribution in [3.63, 3.8) is 0 Å². The highest BCUT2D eigenvalue weighted by Gasteiger charge is 2.40. The molecule has 21 heavy (non-hydrogen) atoms. The molecule has 0 saturated carbocycles. The second-order valence-electron chi connectivity index (χ2n) is 6.05. The van der Waals surface area contributed by atoms with Crippen molar-refractivity contribution in [2.75, 3.05) is 0 Å². The van der Waals surface area contributed by atoms with E-state index in [2.05, 4.69) is 0 Å². The van der Waals surface area contributed by atoms with E-state index in [1.807, 2.05) is 0 Å². The number of hydrogen-bond acceptors (Lipinski definition) is 2. The Kier molecular flexibility index (Phi) is 4.20. The first-order chi connectivity index (χ1) is 10.0. The topological polar surface area (TPSA) is 34.1 Å². The minimum Gasteiger partial charge on any atom is -0.299 e. The maximum absolute atomic E-state index is 13.6. The number of rotatable bonds is 3. The summed E-state index contributed by atoms with van der Waals surface area (Å²) in [6.07, 6.45) is 4.27. The molecular formula is C16H18F2O2S. The van der Waals surface area contributed by atoms with E-state index in [1.165, 1.54) is 12.1 Å². The molecule has 2 aliphatic heterocycles. The predicted molar refractivity (Wildman–Crippen MR) is 77.4 cm³/mol. The number of ketones is 1. The Balaban J connectivity index is 1.70. The molecule has 1 aromatic carbocycles. The van der Waals surface area contributed by atoms with Crippen molar-refractivity contribution >= 4 is 16.6 Å². The number of Topliss-reactive ketones (excluding diaryl/α,β-unsaturated/α-hetero) is 1. The van der Waals surface area contributed by atoms with E-state index in [-0.39, 0.29) is 34.2 Å². The maximum atomic E-state index is 13.6. The molecule has 2 bridgehead atoms. The third-order valence-electron chi connectivity index (χ3n) is 4.64. The molecule has 2 fully saturated rings. The van der Waals surface area contributed by atoms with E-state index in [0.29, 0.717) is 12.8 Å². The second-order valence-corrected chi connectivity index (χ2v) is 8.04. The Bertz CT molecular complexity index is 572. The molecule has 0 amide bonds. The fraction of sp³-hybridized carbons (Fsp3) is 0.562. The van der Waals surface area contributed by atoms with Crippen LogP contribution in [-0.2, 0) is 22.0 Å². The van der Waals surface area contributed by atoms with Gasteiger partial charge in [-0.2, -0.15) is 0 Å². The number of hydrogen-bond donors (Lipinski definition) is 0. The average Bonchev–Trinajstić information content (AvgIpc) is 2.41. The molecule has 0 N–H and O–H groups in total. The van der Waals surface area contributed by atoms with E-state index >= 15 is 0 Å². The Morgan fingerprint density at radius 3 is 2.48 bits per heavy atom. The Morgan fingerprint density at radius 2 is 1.86 bits per heavy atom. The van der Waals surface area contributed by atoms with E-state index in [1.54, 1.807) is 0 Å². The standard InChI is InChI=1S/C16H18F2O2S/c17-12-5-4-10(15(18)9-12)8-16(19)11-6-13-2-1-3-14(7-11)21(13)20/h4-5,9,11,13-14H,1-3,6-8H2. The second kappa shape index (κ2) is 5.95. The van der Waals surface area contributed by atoms with Gasteiger partial charge in [-0.1, -0.05) is 12.5 Å². The van der Waals surface area contributed by atoms with Crippen LogP contribution >= 0.6 is 0 Å². The minimum absolute atomic E-state index is 0.00283. The molecule has 5 heteroatoms. The first kappa shape index (κ1) is 14.8. The molecule has 0 aromatic heterocycles. The van der Waals surface area contributed by atoms with Crippen molar-refractivity contribution in [1.29, 1.82) is 0 Å². The molecule has 3 rings (SSSR count). The van der Waals surface area contributed by atoms with Crippen LogP contribution in [-0.4, -0.2) is 20.5 Å². The lowest BCUT2D eigenvalue weighted by Crippen LogP contribution is -2.41. The number of halogens is 2. The summed E-state index contributed by atoms with van der Waals surface area (Å²) in [5, 5.41) is 0.258. The van der Waals surface area contributed by atoms with E-state index in [4.69, 9.17) is 0 Å². The molecule has 2 unspecified atom stereocenters. The fourth-order valence-electron chi connectivity index (χ4n) is 3.49. The predicted octanol–water partition coefficient (Wildman–Crippen LogP) is 3.16. The quantitative estimate of drug-likeness (QED) is 0.859. The van der Waals surface area contributed by atoms with Crippen LogP contribution in [0.4, 0.5) is 8.78 Å². The van der Waals surface area contributed by atoms with Gasteiger partial charge in [0.2, 0.25) is 0 Å². The van der Waals surface area contributed by atoms with Crippen molar-refractivity contribution in [3.8, 4) is 0 Å². The molecular weight excluding hydrogens is 294 g/mol. The van der Waals surface area contributed by atoms with Gasteiger partial charge < -0.3 is 0 Å². The van der Waals surface area contributed by atoms with Gasteiger partial charge in [0, 0.05) is 39.7 Å². The van der Waals surface area contributed by atoms with Crippen LogP contribution in [0.15, 0.2) is 18.2 Å². The molecule has 0 aliphatic carbocycles.